The number of hydrogen-bond acceptors (Lipinski definition) is 4. The molecule has 4 N–H and O–H groups in total. The van der Waals surface area contributed by atoms with Crippen molar-refractivity contribution < 1.29 is 49.7 Å². The van der Waals surface area contributed by atoms with E-state index in [1.807, 2.05) is 0 Å². The number of phosphoric acid groups is 1. The van der Waals surface area contributed by atoms with Crippen molar-refractivity contribution >= 4 is 7.82 Å². The Balaban J connectivity index is -0.0000000267. The molecule has 0 radical (unpaired) electrons. The van der Waals surface area contributed by atoms with Gasteiger partial charge in [-0.1, -0.05) is 0 Å². The van der Waals surface area contributed by atoms with Gasteiger partial charge >= 0.3 is 19.5 Å². The monoisotopic (exact) mass is 195 g/mol. The van der Waals surface area contributed by atoms with Gasteiger partial charge in [-0.2, -0.15) is 7.82 Å². The van der Waals surface area contributed by atoms with E-state index in [1.54, 1.807) is 0 Å². The molecule has 0 saturated heterocycles. The number of hydrogen-bond donors (Lipinski definition) is 0. The van der Waals surface area contributed by atoms with Crippen LogP contribution < -0.4 is 14.7 Å². The Morgan fingerprint density at radius 1 is 1.00 bits per heavy atom. The van der Waals surface area contributed by atoms with Crippen LogP contribution in [0.25, 0.3) is 0 Å². The molecule has 0 atom stereocenters. The molecule has 6 nitrogen and oxygen atoms in total. The van der Waals surface area contributed by atoms with E-state index in [-0.39, 0.29) is 30.4 Å². The van der Waals surface area contributed by atoms with Gasteiger partial charge in [-0.05, 0) is 0 Å². The largest absolute Gasteiger partial charge is 2.00 e. The summed E-state index contributed by atoms with van der Waals surface area (Å²) >= 11 is 0. The minimum atomic E-state index is -5.39. The molecule has 8 heavy (non-hydrogen) atoms. The summed E-state index contributed by atoms with van der Waals surface area (Å²) in [7, 11) is -5.39. The molecule has 0 aromatic heterocycles. The second-order valence-corrected chi connectivity index (χ2v) is 1.34. The molecular weight excluding hydrogens is 192 g/mol. The van der Waals surface area contributed by atoms with E-state index < -0.39 is 7.82 Å². The van der Waals surface area contributed by atoms with Crippen LogP contribution in [-0.2, 0) is 24.0 Å². The van der Waals surface area contributed by atoms with E-state index in [0.29, 0.717) is 0 Å². The fraction of sp³-hybridized carbons (Fsp3) is 0. The zero-order chi connectivity index (χ0) is 4.50. The maximum atomic E-state index is 8.55. The Morgan fingerprint density at radius 3 is 1.00 bits per heavy atom. The molecule has 0 aliphatic heterocycles. The Bertz CT molecular complexity index is 54.7. The van der Waals surface area contributed by atoms with Crippen LogP contribution in [0, 0.1) is 0 Å². The molecule has 8 heteroatoms. The quantitative estimate of drug-likeness (QED) is 0.283. The maximum Gasteiger partial charge on any atom is 2.00 e. The second kappa shape index (κ2) is 7.65. The van der Waals surface area contributed by atoms with Gasteiger partial charge in [0.05, 0.1) is 0 Å². The normalized spacial score (nSPS) is 7.38. The zero-order valence-corrected chi connectivity index (χ0v) is 7.65. The molecule has 0 rings (SSSR count). The molecule has 0 fully saturated rings. The van der Waals surface area contributed by atoms with Crippen molar-refractivity contribution in [3.63, 3.8) is 0 Å². The van der Waals surface area contributed by atoms with Crippen molar-refractivity contribution in [1.82, 2.24) is 0 Å². The van der Waals surface area contributed by atoms with E-state index in [2.05, 4.69) is 0 Å². The number of rotatable bonds is 0. The molecular formula is H4O6PZn-. The van der Waals surface area contributed by atoms with Crippen molar-refractivity contribution in [3.8, 4) is 0 Å². The Morgan fingerprint density at radius 2 is 1.00 bits per heavy atom. The first-order valence-electron chi connectivity index (χ1n) is 0.730. The molecule has 0 saturated carbocycles. The van der Waals surface area contributed by atoms with Crippen LogP contribution in [0.5, 0.6) is 0 Å². The van der Waals surface area contributed by atoms with Crippen LogP contribution in [0.2, 0.25) is 0 Å². The van der Waals surface area contributed by atoms with E-state index in [9.17, 15) is 0 Å². The van der Waals surface area contributed by atoms with Gasteiger partial charge in [0.25, 0.3) is 0 Å². The van der Waals surface area contributed by atoms with Crippen molar-refractivity contribution in [2.75, 3.05) is 0 Å². The molecule has 0 aromatic rings. The van der Waals surface area contributed by atoms with Gasteiger partial charge in [0, 0.05) is 0 Å². The van der Waals surface area contributed by atoms with E-state index in [0.717, 1.165) is 0 Å². The maximum absolute atomic E-state index is 8.55. The average Bonchev–Trinajstić information content (AvgIpc) is 0.722. The first-order chi connectivity index (χ1) is 2.00. The van der Waals surface area contributed by atoms with Gasteiger partial charge in [0.1, 0.15) is 0 Å². The Kier molecular flexibility index (Phi) is 22.4. The summed E-state index contributed by atoms with van der Waals surface area (Å²) in [5, 5.41) is 0. The van der Waals surface area contributed by atoms with Crippen LogP contribution >= 0.6 is 7.82 Å². The summed E-state index contributed by atoms with van der Waals surface area (Å²) in [5.74, 6) is 0. The van der Waals surface area contributed by atoms with E-state index >= 15 is 0 Å². The average molecular weight is 196 g/mol. The first kappa shape index (κ1) is 23.4. The second-order valence-electron chi connectivity index (χ2n) is 0.447. The molecule has 0 aliphatic carbocycles. The molecule has 0 spiro atoms. The summed E-state index contributed by atoms with van der Waals surface area (Å²) < 4.78 is 8.55. The third kappa shape index (κ3) is 498. The van der Waals surface area contributed by atoms with Crippen molar-refractivity contribution in [2.24, 2.45) is 0 Å². The molecule has 0 aromatic carbocycles. The fourth-order valence-electron chi connectivity index (χ4n) is 0. The van der Waals surface area contributed by atoms with Gasteiger partial charge < -0.3 is 30.2 Å². The molecule has 48 valence electrons. The standard InChI is InChI=1S/H3O4P.2H2O.Zn/c1-5(2,3)4;;;/h(H3,1,2,3,4);2*1H2;/q;;;+2/p-3. The topological polar surface area (TPSA) is 149 Å². The predicted octanol–water partition coefficient (Wildman–Crippen LogP) is -4.48. The summed E-state index contributed by atoms with van der Waals surface area (Å²) in [5.41, 5.74) is 0. The first-order valence-corrected chi connectivity index (χ1v) is 2.19. The van der Waals surface area contributed by atoms with Gasteiger partial charge in [0.2, 0.25) is 0 Å². The van der Waals surface area contributed by atoms with E-state index in [4.69, 9.17) is 19.2 Å². The minimum Gasteiger partial charge on any atom is -0.822 e. The molecule has 0 amide bonds. The molecule has 0 aliphatic rings. The molecule has 0 unspecified atom stereocenters. The minimum absolute atomic E-state index is 0. The summed E-state index contributed by atoms with van der Waals surface area (Å²) in [6.07, 6.45) is 0. The van der Waals surface area contributed by atoms with Crippen LogP contribution in [-0.4, -0.2) is 11.0 Å². The van der Waals surface area contributed by atoms with Crippen LogP contribution in [0.4, 0.5) is 0 Å². The van der Waals surface area contributed by atoms with Crippen LogP contribution in [0.15, 0.2) is 0 Å². The van der Waals surface area contributed by atoms with Gasteiger partial charge in [-0.25, -0.2) is 0 Å². The zero-order valence-electron chi connectivity index (χ0n) is 3.79. The summed E-state index contributed by atoms with van der Waals surface area (Å²) in [6, 6.07) is 0. The van der Waals surface area contributed by atoms with E-state index in [1.165, 1.54) is 0 Å². The predicted molar refractivity (Wildman–Crippen MR) is 14.8 cm³/mol. The van der Waals surface area contributed by atoms with Crippen LogP contribution in [0.1, 0.15) is 0 Å². The van der Waals surface area contributed by atoms with Crippen LogP contribution in [0.3, 0.4) is 0 Å². The van der Waals surface area contributed by atoms with Crippen molar-refractivity contribution in [2.45, 2.75) is 0 Å². The van der Waals surface area contributed by atoms with Crippen molar-refractivity contribution in [3.05, 3.63) is 0 Å². The van der Waals surface area contributed by atoms with Gasteiger partial charge in [0.15, 0.2) is 0 Å². The molecule has 0 bridgehead atoms. The Hall–Kier alpha value is 0.653. The van der Waals surface area contributed by atoms with Gasteiger partial charge in [-0.3, -0.25) is 0 Å². The Labute approximate surface area is 58.2 Å². The third-order valence-electron chi connectivity index (χ3n) is 0. The fourth-order valence-corrected chi connectivity index (χ4v) is 0. The summed E-state index contributed by atoms with van der Waals surface area (Å²) in [6.45, 7) is 0. The SMILES string of the molecule is O.O.O=P([O-])([O-])[O-].[Zn+2]. The third-order valence-corrected chi connectivity index (χ3v) is 0. The molecule has 0 heterocycles. The summed E-state index contributed by atoms with van der Waals surface area (Å²) in [4.78, 5) is 25.6. The van der Waals surface area contributed by atoms with Gasteiger partial charge in [-0.15, -0.1) is 0 Å². The van der Waals surface area contributed by atoms with Crippen molar-refractivity contribution in [1.29, 1.82) is 0 Å². The smallest absolute Gasteiger partial charge is 0.822 e.